The third-order valence-electron chi connectivity index (χ3n) is 4.13. The van der Waals surface area contributed by atoms with Gasteiger partial charge in [0.05, 0.1) is 10.9 Å². The highest BCUT2D eigenvalue weighted by atomic mass is 32.2. The van der Waals surface area contributed by atoms with Crippen LogP contribution in [-0.2, 0) is 0 Å². The van der Waals surface area contributed by atoms with Crippen molar-refractivity contribution in [1.29, 1.82) is 0 Å². The number of nitrogens with zero attached hydrogens (tertiary/aromatic N) is 4. The first kappa shape index (κ1) is 17.4. The second-order valence-corrected chi connectivity index (χ2v) is 7.44. The van der Waals surface area contributed by atoms with E-state index in [1.807, 2.05) is 70.2 Å². The van der Waals surface area contributed by atoms with E-state index in [1.54, 1.807) is 4.68 Å². The fourth-order valence-corrected chi connectivity index (χ4v) is 3.40. The topological polar surface area (TPSA) is 60.7 Å². The largest absolute Gasteiger partial charge is 0.293 e. The minimum atomic E-state index is -0.281. The van der Waals surface area contributed by atoms with Gasteiger partial charge in [0.1, 0.15) is 0 Å². The van der Waals surface area contributed by atoms with Crippen molar-refractivity contribution < 1.29 is 4.79 Å². The van der Waals surface area contributed by atoms with E-state index < -0.39 is 0 Å². The molecule has 0 bridgehead atoms. The molecule has 0 saturated heterocycles. The second kappa shape index (κ2) is 7.19. The standard InChI is InChI=1S/C19H20N4OS/c1-12-6-5-7-17(10-12)23-19(20-21-22-23)25-15(4)18(24)16-9-8-13(2)14(3)11-16/h5-11,15H,1-4H3/t15-/m1/s1. The van der Waals surface area contributed by atoms with Crippen LogP contribution in [0.4, 0.5) is 0 Å². The maximum atomic E-state index is 12.7. The van der Waals surface area contributed by atoms with Crippen molar-refractivity contribution in [3.63, 3.8) is 0 Å². The summed E-state index contributed by atoms with van der Waals surface area (Å²) in [6.45, 7) is 7.96. The van der Waals surface area contributed by atoms with E-state index in [2.05, 4.69) is 15.5 Å². The Morgan fingerprint density at radius 3 is 2.60 bits per heavy atom. The maximum Gasteiger partial charge on any atom is 0.214 e. The van der Waals surface area contributed by atoms with Gasteiger partial charge in [-0.3, -0.25) is 4.79 Å². The van der Waals surface area contributed by atoms with Gasteiger partial charge in [0.15, 0.2) is 5.78 Å². The summed E-state index contributed by atoms with van der Waals surface area (Å²) in [5, 5.41) is 12.2. The summed E-state index contributed by atoms with van der Waals surface area (Å²) in [5.41, 5.74) is 5.03. The molecular formula is C19H20N4OS. The smallest absolute Gasteiger partial charge is 0.214 e. The molecule has 0 radical (unpaired) electrons. The van der Waals surface area contributed by atoms with E-state index in [0.717, 1.165) is 22.4 Å². The molecule has 25 heavy (non-hydrogen) atoms. The highest BCUT2D eigenvalue weighted by molar-refractivity contribution is 8.00. The molecule has 3 rings (SSSR count). The quantitative estimate of drug-likeness (QED) is 0.514. The minimum Gasteiger partial charge on any atom is -0.293 e. The van der Waals surface area contributed by atoms with Crippen LogP contribution in [0.25, 0.3) is 5.69 Å². The lowest BCUT2D eigenvalue weighted by molar-refractivity contribution is 0.0993. The Morgan fingerprint density at radius 1 is 1.08 bits per heavy atom. The zero-order valence-corrected chi connectivity index (χ0v) is 15.5. The summed E-state index contributed by atoms with van der Waals surface area (Å²) in [7, 11) is 0. The first-order valence-electron chi connectivity index (χ1n) is 8.09. The number of ketones is 1. The van der Waals surface area contributed by atoms with Gasteiger partial charge in [0.2, 0.25) is 5.16 Å². The molecule has 0 amide bonds. The van der Waals surface area contributed by atoms with Crippen molar-refractivity contribution in [1.82, 2.24) is 20.2 Å². The van der Waals surface area contributed by atoms with E-state index in [9.17, 15) is 4.79 Å². The number of hydrogen-bond donors (Lipinski definition) is 0. The molecule has 2 aromatic carbocycles. The molecule has 0 saturated carbocycles. The monoisotopic (exact) mass is 352 g/mol. The van der Waals surface area contributed by atoms with Crippen LogP contribution < -0.4 is 0 Å². The van der Waals surface area contributed by atoms with Crippen molar-refractivity contribution in [2.24, 2.45) is 0 Å². The van der Waals surface area contributed by atoms with Crippen LogP contribution in [-0.4, -0.2) is 31.2 Å². The summed E-state index contributed by atoms with van der Waals surface area (Å²) in [6, 6.07) is 13.7. The van der Waals surface area contributed by atoms with Crippen molar-refractivity contribution in [2.75, 3.05) is 0 Å². The molecule has 0 unspecified atom stereocenters. The van der Waals surface area contributed by atoms with Gasteiger partial charge in [-0.2, -0.15) is 4.68 Å². The lowest BCUT2D eigenvalue weighted by Gasteiger charge is -2.11. The zero-order valence-electron chi connectivity index (χ0n) is 14.7. The number of benzene rings is 2. The number of aryl methyl sites for hydroxylation is 3. The lowest BCUT2D eigenvalue weighted by atomic mass is 10.0. The van der Waals surface area contributed by atoms with Gasteiger partial charge >= 0.3 is 0 Å². The summed E-state index contributed by atoms with van der Waals surface area (Å²) in [5.74, 6) is 0.0758. The van der Waals surface area contributed by atoms with Gasteiger partial charge in [-0.25, -0.2) is 0 Å². The average Bonchev–Trinajstić information content (AvgIpc) is 3.04. The summed E-state index contributed by atoms with van der Waals surface area (Å²) in [4.78, 5) is 12.7. The summed E-state index contributed by atoms with van der Waals surface area (Å²) in [6.07, 6.45) is 0. The first-order valence-corrected chi connectivity index (χ1v) is 8.97. The molecule has 0 fully saturated rings. The second-order valence-electron chi connectivity index (χ2n) is 6.14. The van der Waals surface area contributed by atoms with E-state index in [0.29, 0.717) is 5.16 Å². The SMILES string of the molecule is Cc1cccc(-n2nnnc2S[C@H](C)C(=O)c2ccc(C)c(C)c2)c1. The number of tetrazole rings is 1. The molecule has 1 atom stereocenters. The van der Waals surface area contributed by atoms with Crippen LogP contribution in [0.5, 0.6) is 0 Å². The van der Waals surface area contributed by atoms with E-state index in [-0.39, 0.29) is 11.0 Å². The van der Waals surface area contributed by atoms with E-state index in [4.69, 9.17) is 0 Å². The van der Waals surface area contributed by atoms with Crippen LogP contribution in [0.2, 0.25) is 0 Å². The molecular weight excluding hydrogens is 332 g/mol. The Labute approximate surface area is 151 Å². The molecule has 3 aromatic rings. The molecule has 0 spiro atoms. The number of carbonyl (C=O) groups is 1. The third-order valence-corrected chi connectivity index (χ3v) is 5.16. The molecule has 0 aliphatic carbocycles. The molecule has 6 heteroatoms. The van der Waals surface area contributed by atoms with Crippen LogP contribution in [0, 0.1) is 20.8 Å². The summed E-state index contributed by atoms with van der Waals surface area (Å²) >= 11 is 1.37. The van der Waals surface area contributed by atoms with Crippen molar-refractivity contribution in [2.45, 2.75) is 38.1 Å². The van der Waals surface area contributed by atoms with Gasteiger partial charge in [-0.1, -0.05) is 36.0 Å². The number of hydrogen-bond acceptors (Lipinski definition) is 5. The van der Waals surface area contributed by atoms with Crippen LogP contribution >= 0.6 is 11.8 Å². The minimum absolute atomic E-state index is 0.0758. The maximum absolute atomic E-state index is 12.7. The number of thioether (sulfide) groups is 1. The molecule has 1 aromatic heterocycles. The normalized spacial score (nSPS) is 12.2. The number of rotatable bonds is 5. The van der Waals surface area contributed by atoms with E-state index in [1.165, 1.54) is 17.3 Å². The van der Waals surface area contributed by atoms with Gasteiger partial charge in [0, 0.05) is 5.56 Å². The molecule has 0 aliphatic rings. The van der Waals surface area contributed by atoms with Gasteiger partial charge in [-0.15, -0.1) is 5.10 Å². The van der Waals surface area contributed by atoms with Gasteiger partial charge in [0.25, 0.3) is 0 Å². The Bertz CT molecular complexity index is 919. The Hall–Kier alpha value is -2.47. The highest BCUT2D eigenvalue weighted by Gasteiger charge is 2.20. The first-order chi connectivity index (χ1) is 12.0. The fraction of sp³-hybridized carbons (Fsp3) is 0.263. The van der Waals surface area contributed by atoms with E-state index >= 15 is 0 Å². The number of aromatic nitrogens is 4. The van der Waals surface area contributed by atoms with Crippen molar-refractivity contribution in [3.8, 4) is 5.69 Å². The molecule has 0 N–H and O–H groups in total. The zero-order chi connectivity index (χ0) is 18.0. The summed E-state index contributed by atoms with van der Waals surface area (Å²) < 4.78 is 1.67. The predicted octanol–water partition coefficient (Wildman–Crippen LogP) is 3.95. The fourth-order valence-electron chi connectivity index (χ4n) is 2.52. The lowest BCUT2D eigenvalue weighted by Crippen LogP contribution is -2.15. The average molecular weight is 352 g/mol. The number of Topliss-reactive ketones (excluding diaryl/α,β-unsaturated/α-hetero) is 1. The highest BCUT2D eigenvalue weighted by Crippen LogP contribution is 2.26. The van der Waals surface area contributed by atoms with Crippen LogP contribution in [0.3, 0.4) is 0 Å². The molecule has 5 nitrogen and oxygen atoms in total. The Balaban J connectivity index is 1.82. The third kappa shape index (κ3) is 3.79. The van der Waals surface area contributed by atoms with Crippen molar-refractivity contribution in [3.05, 3.63) is 64.7 Å². The van der Waals surface area contributed by atoms with Gasteiger partial charge < -0.3 is 0 Å². The van der Waals surface area contributed by atoms with Crippen molar-refractivity contribution >= 4 is 17.5 Å². The Morgan fingerprint density at radius 2 is 1.88 bits per heavy atom. The molecule has 1 heterocycles. The predicted molar refractivity (Wildman–Crippen MR) is 99.5 cm³/mol. The van der Waals surface area contributed by atoms with Crippen LogP contribution in [0.1, 0.15) is 34.0 Å². The van der Waals surface area contributed by atoms with Gasteiger partial charge in [-0.05, 0) is 73.0 Å². The van der Waals surface area contributed by atoms with Crippen LogP contribution in [0.15, 0.2) is 47.6 Å². The number of carbonyl (C=O) groups excluding carboxylic acids is 1. The molecule has 0 aliphatic heterocycles. The molecule has 128 valence electrons. The Kier molecular flexibility index (Phi) is 4.99.